The van der Waals surface area contributed by atoms with Gasteiger partial charge in [-0.1, -0.05) is 15.9 Å². The maximum atomic E-state index is 12.0. The van der Waals surface area contributed by atoms with Gasteiger partial charge >= 0.3 is 8.80 Å². The molecule has 0 aliphatic heterocycles. The second-order valence-corrected chi connectivity index (χ2v) is 9.74. The first-order chi connectivity index (χ1) is 9.23. The third-order valence-electron chi connectivity index (χ3n) is 2.84. The minimum atomic E-state index is -2.91. The predicted octanol–water partition coefficient (Wildman–Crippen LogP) is 2.42. The van der Waals surface area contributed by atoms with Gasteiger partial charge in [0.05, 0.1) is 9.99 Å². The summed E-state index contributed by atoms with van der Waals surface area (Å²) >= 11 is 3.36. The molecule has 7 heteroatoms. The van der Waals surface area contributed by atoms with Gasteiger partial charge in [-0.2, -0.15) is 0 Å². The average molecular weight is 370 g/mol. The Morgan fingerprint density at radius 3 is 1.85 bits per heavy atom. The van der Waals surface area contributed by atoms with E-state index in [4.69, 9.17) is 19.0 Å². The van der Waals surface area contributed by atoms with Crippen LogP contribution < -0.4 is 5.73 Å². The Kier molecular flexibility index (Phi) is 9.37. The molecule has 0 fully saturated rings. The SMILES string of the molecule is CCO[Si](OCC)(OCC)C(N)CCC(=O)C(C)(C)Br. The molecule has 0 aromatic carbocycles. The van der Waals surface area contributed by atoms with Gasteiger partial charge in [0.1, 0.15) is 5.78 Å². The predicted molar refractivity (Wildman–Crippen MR) is 85.9 cm³/mol. The number of carbonyl (C=O) groups is 1. The summed E-state index contributed by atoms with van der Waals surface area (Å²) in [6.07, 6.45) is 0.876. The maximum absolute atomic E-state index is 12.0. The highest BCUT2D eigenvalue weighted by Crippen LogP contribution is 2.22. The van der Waals surface area contributed by atoms with E-state index in [1.54, 1.807) is 0 Å². The molecule has 20 heavy (non-hydrogen) atoms. The minimum Gasteiger partial charge on any atom is -0.373 e. The minimum absolute atomic E-state index is 0.111. The van der Waals surface area contributed by atoms with E-state index >= 15 is 0 Å². The second-order valence-electron chi connectivity index (χ2n) is 4.94. The van der Waals surface area contributed by atoms with Crippen molar-refractivity contribution in [3.63, 3.8) is 0 Å². The number of hydrogen-bond donors (Lipinski definition) is 1. The van der Waals surface area contributed by atoms with Crippen molar-refractivity contribution < 1.29 is 18.1 Å². The van der Waals surface area contributed by atoms with Crippen molar-refractivity contribution >= 4 is 30.5 Å². The summed E-state index contributed by atoms with van der Waals surface area (Å²) in [5, 5.41) is 0. The second kappa shape index (κ2) is 9.27. The summed E-state index contributed by atoms with van der Waals surface area (Å²) in [6.45, 7) is 10.8. The average Bonchev–Trinajstić information content (AvgIpc) is 2.35. The zero-order valence-electron chi connectivity index (χ0n) is 13.2. The molecule has 0 rings (SSSR count). The van der Waals surface area contributed by atoms with Crippen LogP contribution in [-0.4, -0.2) is 44.4 Å². The van der Waals surface area contributed by atoms with E-state index in [1.807, 2.05) is 34.6 Å². The molecule has 2 N–H and O–H groups in total. The van der Waals surface area contributed by atoms with Gasteiger partial charge in [-0.3, -0.25) is 4.79 Å². The monoisotopic (exact) mass is 369 g/mol. The van der Waals surface area contributed by atoms with Crippen LogP contribution in [0.1, 0.15) is 47.5 Å². The van der Waals surface area contributed by atoms with Gasteiger partial charge in [0, 0.05) is 26.2 Å². The van der Waals surface area contributed by atoms with Crippen LogP contribution in [0.5, 0.6) is 0 Å². The Bertz CT molecular complexity index is 280. The molecule has 0 radical (unpaired) electrons. The Morgan fingerprint density at radius 1 is 1.15 bits per heavy atom. The van der Waals surface area contributed by atoms with E-state index in [1.165, 1.54) is 0 Å². The lowest BCUT2D eigenvalue weighted by Gasteiger charge is -2.33. The summed E-state index contributed by atoms with van der Waals surface area (Å²) in [4.78, 5) is 12.0. The number of rotatable bonds is 11. The van der Waals surface area contributed by atoms with Crippen LogP contribution in [0.4, 0.5) is 0 Å². The zero-order valence-corrected chi connectivity index (χ0v) is 15.8. The molecule has 0 aliphatic rings. The number of hydrogen-bond acceptors (Lipinski definition) is 5. The van der Waals surface area contributed by atoms with Crippen LogP contribution in [0.3, 0.4) is 0 Å². The Morgan fingerprint density at radius 2 is 1.55 bits per heavy atom. The van der Waals surface area contributed by atoms with Crippen molar-refractivity contribution in [2.45, 2.75) is 57.4 Å². The van der Waals surface area contributed by atoms with Crippen molar-refractivity contribution in [2.24, 2.45) is 5.73 Å². The van der Waals surface area contributed by atoms with Crippen LogP contribution >= 0.6 is 15.9 Å². The van der Waals surface area contributed by atoms with Gasteiger partial charge < -0.3 is 19.0 Å². The van der Waals surface area contributed by atoms with Gasteiger partial charge in [0.25, 0.3) is 0 Å². The highest BCUT2D eigenvalue weighted by molar-refractivity contribution is 9.10. The molecule has 0 aromatic rings. The maximum Gasteiger partial charge on any atom is 0.518 e. The van der Waals surface area contributed by atoms with Gasteiger partial charge in [-0.05, 0) is 41.0 Å². The zero-order chi connectivity index (χ0) is 15.8. The molecule has 0 bridgehead atoms. The lowest BCUT2D eigenvalue weighted by molar-refractivity contribution is -0.120. The summed E-state index contributed by atoms with van der Waals surface area (Å²) in [5.74, 6) is 0.111. The fraction of sp³-hybridized carbons (Fsp3) is 0.923. The number of ketones is 1. The summed E-state index contributed by atoms with van der Waals surface area (Å²) in [7, 11) is -2.91. The van der Waals surface area contributed by atoms with E-state index in [0.717, 1.165) is 0 Å². The molecule has 0 aromatic heterocycles. The van der Waals surface area contributed by atoms with Crippen molar-refractivity contribution in [1.82, 2.24) is 0 Å². The number of Topliss-reactive ketones (excluding diaryl/α,β-unsaturated/α-hetero) is 1. The van der Waals surface area contributed by atoms with Gasteiger partial charge in [0.2, 0.25) is 0 Å². The van der Waals surface area contributed by atoms with E-state index in [9.17, 15) is 4.79 Å². The molecule has 0 spiro atoms. The Labute approximate surface area is 132 Å². The smallest absolute Gasteiger partial charge is 0.373 e. The fourth-order valence-electron chi connectivity index (χ4n) is 1.81. The quantitative estimate of drug-likeness (QED) is 0.447. The Hall–Kier alpha value is 0.207. The van der Waals surface area contributed by atoms with Crippen LogP contribution in [0, 0.1) is 0 Å². The first kappa shape index (κ1) is 20.2. The Balaban J connectivity index is 4.77. The molecule has 0 aliphatic carbocycles. The summed E-state index contributed by atoms with van der Waals surface area (Å²) in [6, 6.07) is 0. The molecular weight excluding hydrogens is 342 g/mol. The first-order valence-corrected chi connectivity index (χ1v) is 9.72. The topological polar surface area (TPSA) is 70.8 Å². The molecule has 5 nitrogen and oxygen atoms in total. The van der Waals surface area contributed by atoms with Crippen molar-refractivity contribution in [2.75, 3.05) is 19.8 Å². The lowest BCUT2D eigenvalue weighted by Crippen LogP contribution is -2.60. The fourth-order valence-corrected chi connectivity index (χ4v) is 4.61. The molecule has 0 saturated heterocycles. The van der Waals surface area contributed by atoms with Crippen molar-refractivity contribution in [3.05, 3.63) is 0 Å². The molecule has 0 saturated carbocycles. The molecule has 120 valence electrons. The largest absolute Gasteiger partial charge is 0.518 e. The number of halogens is 1. The molecular formula is C13H28BrNO4Si. The van der Waals surface area contributed by atoms with Gasteiger partial charge in [-0.25, -0.2) is 0 Å². The first-order valence-electron chi connectivity index (χ1n) is 7.13. The number of alkyl halides is 1. The van der Waals surface area contributed by atoms with Gasteiger partial charge in [-0.15, -0.1) is 0 Å². The van der Waals surface area contributed by atoms with Crippen molar-refractivity contribution in [1.29, 1.82) is 0 Å². The van der Waals surface area contributed by atoms with E-state index in [0.29, 0.717) is 32.7 Å². The normalized spacial score (nSPS) is 14.3. The molecule has 0 amide bonds. The van der Waals surface area contributed by atoms with E-state index in [2.05, 4.69) is 15.9 Å². The molecule has 1 unspecified atom stereocenters. The summed E-state index contributed by atoms with van der Waals surface area (Å²) < 4.78 is 16.7. The summed E-state index contributed by atoms with van der Waals surface area (Å²) in [5.41, 5.74) is 5.83. The van der Waals surface area contributed by atoms with E-state index in [-0.39, 0.29) is 11.4 Å². The molecule has 0 heterocycles. The highest BCUT2D eigenvalue weighted by atomic mass is 79.9. The standard InChI is InChI=1S/C13H28BrNO4Si/c1-6-17-20(18-7-2,19-8-3)12(15)10-9-11(16)13(4,5)14/h12H,6-10,15H2,1-5H3. The number of carbonyl (C=O) groups excluding carboxylic acids is 1. The van der Waals surface area contributed by atoms with Crippen molar-refractivity contribution in [3.8, 4) is 0 Å². The molecule has 1 atom stereocenters. The number of nitrogens with two attached hydrogens (primary N) is 1. The lowest BCUT2D eigenvalue weighted by atomic mass is 10.0. The van der Waals surface area contributed by atoms with Crippen LogP contribution in [0.25, 0.3) is 0 Å². The van der Waals surface area contributed by atoms with E-state index < -0.39 is 13.1 Å². The van der Waals surface area contributed by atoms with Crippen LogP contribution in [0.15, 0.2) is 0 Å². The van der Waals surface area contributed by atoms with Crippen LogP contribution in [0.2, 0.25) is 0 Å². The third kappa shape index (κ3) is 6.32. The van der Waals surface area contributed by atoms with Crippen LogP contribution in [-0.2, 0) is 18.1 Å². The highest BCUT2D eigenvalue weighted by Gasteiger charge is 2.47. The third-order valence-corrected chi connectivity index (χ3v) is 6.55. The van der Waals surface area contributed by atoms with Gasteiger partial charge in [0.15, 0.2) is 0 Å².